The minimum atomic E-state index is -0.168. The Morgan fingerprint density at radius 2 is 2.18 bits per heavy atom. The van der Waals surface area contributed by atoms with Gasteiger partial charge in [0.15, 0.2) is 11.7 Å². The van der Waals surface area contributed by atoms with Crippen LogP contribution in [-0.2, 0) is 6.42 Å². The molecule has 1 aromatic heterocycles. The van der Waals surface area contributed by atoms with Gasteiger partial charge in [0.2, 0.25) is 0 Å². The van der Waals surface area contributed by atoms with E-state index in [0.717, 1.165) is 16.7 Å². The van der Waals surface area contributed by atoms with Gasteiger partial charge in [-0.2, -0.15) is 0 Å². The highest BCUT2D eigenvalue weighted by Gasteiger charge is 2.10. The van der Waals surface area contributed by atoms with Crippen LogP contribution in [0.3, 0.4) is 0 Å². The number of carbonyl (C=O) groups excluding carboxylic acids is 1. The van der Waals surface area contributed by atoms with Gasteiger partial charge >= 0.3 is 0 Å². The molecule has 1 heterocycles. The number of hydrogen-bond donors (Lipinski definition) is 1. The Kier molecular flexibility index (Phi) is 3.24. The summed E-state index contributed by atoms with van der Waals surface area (Å²) in [5, 5.41) is 10.4. The summed E-state index contributed by atoms with van der Waals surface area (Å²) in [6, 6.07) is 4.49. The van der Waals surface area contributed by atoms with Crippen molar-refractivity contribution in [3.05, 3.63) is 38.9 Å². The molecule has 0 aliphatic rings. The van der Waals surface area contributed by atoms with Crippen LogP contribution in [0.15, 0.2) is 23.0 Å². The zero-order valence-electron chi connectivity index (χ0n) is 9.40. The second-order valence-electron chi connectivity index (χ2n) is 3.82. The van der Waals surface area contributed by atoms with Crippen molar-refractivity contribution in [2.45, 2.75) is 19.8 Å². The van der Waals surface area contributed by atoms with E-state index >= 15 is 0 Å². The van der Waals surface area contributed by atoms with E-state index in [0.29, 0.717) is 23.0 Å². The van der Waals surface area contributed by atoms with Crippen molar-refractivity contribution in [3.8, 4) is 5.75 Å². The number of fused-ring (bicyclic) bond motifs is 1. The maximum absolute atomic E-state index is 11.8. The zero-order chi connectivity index (χ0) is 12.4. The monoisotopic (exact) mass is 248 g/mol. The summed E-state index contributed by atoms with van der Waals surface area (Å²) in [6.45, 7) is 2.00. The van der Waals surface area contributed by atoms with Gasteiger partial charge in [0.05, 0.1) is 4.88 Å². The minimum Gasteiger partial charge on any atom is -0.508 e. The summed E-state index contributed by atoms with van der Waals surface area (Å²) in [6.07, 6.45) is 2.24. The van der Waals surface area contributed by atoms with Crippen LogP contribution in [0.4, 0.5) is 0 Å². The molecule has 4 heteroatoms. The number of phenolic OH excluding ortho intramolecular Hbond substituents is 1. The lowest BCUT2D eigenvalue weighted by Gasteiger charge is -2.07. The largest absolute Gasteiger partial charge is 0.508 e. The molecule has 1 N–H and O–H groups in total. The van der Waals surface area contributed by atoms with Gasteiger partial charge in [-0.25, -0.2) is 0 Å². The van der Waals surface area contributed by atoms with Crippen LogP contribution in [0.1, 0.15) is 28.6 Å². The van der Waals surface area contributed by atoms with Crippen molar-refractivity contribution in [1.82, 2.24) is 0 Å². The fourth-order valence-electron chi connectivity index (χ4n) is 1.83. The number of aromatic hydroxyl groups is 1. The molecule has 17 heavy (non-hydrogen) atoms. The first-order valence-corrected chi connectivity index (χ1v) is 6.23. The lowest BCUT2D eigenvalue weighted by atomic mass is 10.1. The summed E-state index contributed by atoms with van der Waals surface area (Å²) in [7, 11) is 0. The molecule has 0 radical (unpaired) electrons. The highest BCUT2D eigenvalue weighted by molar-refractivity contribution is 7.20. The molecular weight excluding hydrogens is 236 g/mol. The lowest BCUT2D eigenvalue weighted by Crippen LogP contribution is -2.01. The van der Waals surface area contributed by atoms with Gasteiger partial charge in [0.25, 0.3) is 0 Å². The second kappa shape index (κ2) is 4.67. The molecule has 2 rings (SSSR count). The van der Waals surface area contributed by atoms with Gasteiger partial charge in [-0.15, -0.1) is 11.3 Å². The molecule has 0 bridgehead atoms. The van der Waals surface area contributed by atoms with Crippen LogP contribution in [0, 0.1) is 0 Å². The molecule has 1 aromatic carbocycles. The van der Waals surface area contributed by atoms with Crippen LogP contribution >= 0.6 is 11.3 Å². The van der Waals surface area contributed by atoms with Gasteiger partial charge < -0.3 is 5.11 Å². The van der Waals surface area contributed by atoms with Crippen LogP contribution in [-0.4, -0.2) is 11.4 Å². The highest BCUT2D eigenvalue weighted by atomic mass is 32.1. The number of phenols is 1. The number of aldehydes is 1. The Morgan fingerprint density at radius 1 is 1.41 bits per heavy atom. The predicted octanol–water partition coefficient (Wildman–Crippen LogP) is 2.73. The van der Waals surface area contributed by atoms with Crippen molar-refractivity contribution in [1.29, 1.82) is 0 Å². The van der Waals surface area contributed by atoms with Crippen molar-refractivity contribution in [2.24, 2.45) is 0 Å². The van der Waals surface area contributed by atoms with E-state index in [9.17, 15) is 14.7 Å². The van der Waals surface area contributed by atoms with E-state index in [4.69, 9.17) is 0 Å². The van der Waals surface area contributed by atoms with Crippen molar-refractivity contribution < 1.29 is 9.90 Å². The van der Waals surface area contributed by atoms with Crippen LogP contribution in [0.5, 0.6) is 5.75 Å². The van der Waals surface area contributed by atoms with E-state index < -0.39 is 0 Å². The standard InChI is InChI=1S/C13H12O3S/c1-2-3-9-11(15)5-4-10-12(16)6-8(7-14)17-13(9)10/h4-7,15H,2-3H2,1H3. The average Bonchev–Trinajstić information content (AvgIpc) is 2.32. The summed E-state index contributed by atoms with van der Waals surface area (Å²) < 4.78 is 0.724. The van der Waals surface area contributed by atoms with Gasteiger partial charge in [0.1, 0.15) is 5.75 Å². The number of hydrogen-bond acceptors (Lipinski definition) is 4. The van der Waals surface area contributed by atoms with E-state index in [1.165, 1.54) is 17.4 Å². The van der Waals surface area contributed by atoms with Crippen LogP contribution in [0.2, 0.25) is 0 Å². The summed E-state index contributed by atoms with van der Waals surface area (Å²) >= 11 is 1.25. The molecular formula is C13H12O3S. The third-order valence-corrected chi connectivity index (χ3v) is 3.73. The third-order valence-electron chi connectivity index (χ3n) is 2.61. The molecule has 3 nitrogen and oxygen atoms in total. The SMILES string of the molecule is CCCc1c(O)ccc2c(=O)cc(C=O)sc12. The van der Waals surface area contributed by atoms with Gasteiger partial charge in [0, 0.05) is 21.7 Å². The molecule has 0 aliphatic carbocycles. The highest BCUT2D eigenvalue weighted by Crippen LogP contribution is 2.30. The Balaban J connectivity index is 2.86. The topological polar surface area (TPSA) is 54.4 Å². The van der Waals surface area contributed by atoms with Gasteiger partial charge in [-0.3, -0.25) is 9.59 Å². The van der Waals surface area contributed by atoms with E-state index in [1.54, 1.807) is 12.1 Å². The molecule has 0 saturated heterocycles. The van der Waals surface area contributed by atoms with E-state index in [-0.39, 0.29) is 11.2 Å². The first-order chi connectivity index (χ1) is 8.17. The van der Waals surface area contributed by atoms with Crippen LogP contribution in [0.25, 0.3) is 10.1 Å². The molecule has 0 saturated carbocycles. The number of carbonyl (C=O) groups is 1. The van der Waals surface area contributed by atoms with E-state index in [2.05, 4.69) is 0 Å². The molecule has 0 amide bonds. The number of benzene rings is 1. The van der Waals surface area contributed by atoms with Crippen molar-refractivity contribution in [3.63, 3.8) is 0 Å². The quantitative estimate of drug-likeness (QED) is 0.850. The fourth-order valence-corrected chi connectivity index (χ4v) is 2.89. The van der Waals surface area contributed by atoms with Crippen molar-refractivity contribution in [2.75, 3.05) is 0 Å². The minimum absolute atomic E-state index is 0.168. The molecule has 88 valence electrons. The Labute approximate surface area is 102 Å². The first kappa shape index (κ1) is 11.8. The molecule has 0 spiro atoms. The summed E-state index contributed by atoms with van der Waals surface area (Å²) in [5.74, 6) is 0.193. The predicted molar refractivity (Wildman–Crippen MR) is 69.1 cm³/mol. The Hall–Kier alpha value is -1.68. The molecule has 0 aliphatic heterocycles. The molecule has 0 atom stereocenters. The Bertz CT molecular complexity index is 628. The molecule has 0 unspecified atom stereocenters. The molecule has 0 fully saturated rings. The van der Waals surface area contributed by atoms with Crippen LogP contribution < -0.4 is 5.43 Å². The van der Waals surface area contributed by atoms with Gasteiger partial charge in [-0.1, -0.05) is 13.3 Å². The van der Waals surface area contributed by atoms with E-state index in [1.807, 2.05) is 6.92 Å². The maximum atomic E-state index is 11.8. The summed E-state index contributed by atoms with van der Waals surface area (Å²) in [5.41, 5.74) is 0.592. The van der Waals surface area contributed by atoms with Gasteiger partial charge in [-0.05, 0) is 18.6 Å². The zero-order valence-corrected chi connectivity index (χ0v) is 10.2. The second-order valence-corrected chi connectivity index (χ2v) is 4.90. The maximum Gasteiger partial charge on any atom is 0.188 e. The molecule has 2 aromatic rings. The Morgan fingerprint density at radius 3 is 2.82 bits per heavy atom. The third kappa shape index (κ3) is 2.08. The number of aryl methyl sites for hydroxylation is 1. The smallest absolute Gasteiger partial charge is 0.188 e. The lowest BCUT2D eigenvalue weighted by molar-refractivity contribution is 0.112. The number of rotatable bonds is 3. The normalized spacial score (nSPS) is 10.6. The first-order valence-electron chi connectivity index (χ1n) is 5.41. The summed E-state index contributed by atoms with van der Waals surface area (Å²) in [4.78, 5) is 23.0. The fraction of sp³-hybridized carbons (Fsp3) is 0.231. The van der Waals surface area contributed by atoms with Crippen molar-refractivity contribution >= 4 is 27.7 Å². The average molecular weight is 248 g/mol.